The van der Waals surface area contributed by atoms with E-state index < -0.39 is 0 Å². The number of aryl methyl sites for hydroxylation is 2. The number of carbonyl (C=O) groups excluding carboxylic acids is 3. The molecule has 3 atom stereocenters. The van der Waals surface area contributed by atoms with Crippen LogP contribution in [0.2, 0.25) is 0 Å². The average Bonchev–Trinajstić information content (AvgIpc) is 3.56. The SMILES string of the molecule is COc1cc2cc(c1OC)CCCNC(=O)CCC[C@H]1[C@H]3C[C@@H](CN(C(=O)c4cc(-c5ccccc5)on4)C3)CN1C(=O)CC2. The van der Waals surface area contributed by atoms with Gasteiger partial charge in [-0.05, 0) is 67.6 Å². The topological polar surface area (TPSA) is 114 Å². The number of nitrogens with one attached hydrogen (secondary N) is 1. The number of carbonyl (C=O) groups is 3. The number of methoxy groups -OCH3 is 2. The van der Waals surface area contributed by atoms with Crippen molar-refractivity contribution >= 4 is 17.7 Å². The molecule has 1 aromatic heterocycles. The predicted octanol–water partition coefficient (Wildman–Crippen LogP) is 4.51. The Balaban J connectivity index is 1.20. The van der Waals surface area contributed by atoms with E-state index >= 15 is 0 Å². The molecule has 3 aromatic rings. The van der Waals surface area contributed by atoms with Gasteiger partial charge in [-0.3, -0.25) is 14.4 Å². The molecule has 3 aliphatic heterocycles. The minimum absolute atomic E-state index is 0.0210. The van der Waals surface area contributed by atoms with E-state index in [1.807, 2.05) is 41.3 Å². The summed E-state index contributed by atoms with van der Waals surface area (Å²) in [7, 11) is 3.26. The average molecular weight is 615 g/mol. The Hall–Kier alpha value is -4.34. The van der Waals surface area contributed by atoms with Crippen LogP contribution in [0, 0.1) is 11.8 Å². The van der Waals surface area contributed by atoms with E-state index in [1.54, 1.807) is 20.3 Å². The zero-order chi connectivity index (χ0) is 31.3. The molecule has 2 saturated heterocycles. The fourth-order valence-corrected chi connectivity index (χ4v) is 7.34. The summed E-state index contributed by atoms with van der Waals surface area (Å²) in [5, 5.41) is 7.16. The number of likely N-dealkylation sites (tertiary alicyclic amines) is 1. The van der Waals surface area contributed by atoms with Gasteiger partial charge < -0.3 is 29.1 Å². The summed E-state index contributed by atoms with van der Waals surface area (Å²) in [5.41, 5.74) is 3.21. The van der Waals surface area contributed by atoms with E-state index in [9.17, 15) is 14.4 Å². The molecule has 0 aliphatic carbocycles. The third-order valence-electron chi connectivity index (χ3n) is 9.46. The minimum Gasteiger partial charge on any atom is -0.493 e. The van der Waals surface area contributed by atoms with E-state index in [-0.39, 0.29) is 35.6 Å². The highest BCUT2D eigenvalue weighted by atomic mass is 16.5. The van der Waals surface area contributed by atoms with Gasteiger partial charge >= 0.3 is 0 Å². The van der Waals surface area contributed by atoms with Crippen LogP contribution in [0.15, 0.2) is 53.1 Å². The number of fused-ring (bicyclic) bond motifs is 6. The molecule has 2 fully saturated rings. The molecule has 2 aromatic carbocycles. The summed E-state index contributed by atoms with van der Waals surface area (Å²) in [6.07, 6.45) is 5.26. The second-order valence-electron chi connectivity index (χ2n) is 12.5. The second kappa shape index (κ2) is 13.7. The Labute approximate surface area is 264 Å². The monoisotopic (exact) mass is 614 g/mol. The van der Waals surface area contributed by atoms with Gasteiger partial charge in [0.15, 0.2) is 23.0 Å². The lowest BCUT2D eigenvalue weighted by Crippen LogP contribution is -2.60. The first-order valence-corrected chi connectivity index (χ1v) is 16.0. The van der Waals surface area contributed by atoms with Crippen LogP contribution in [0.1, 0.15) is 60.1 Å². The van der Waals surface area contributed by atoms with Gasteiger partial charge in [0.1, 0.15) is 0 Å². The molecule has 4 bridgehead atoms. The van der Waals surface area contributed by atoms with E-state index in [4.69, 9.17) is 14.0 Å². The lowest BCUT2D eigenvalue weighted by molar-refractivity contribution is -0.140. The molecule has 0 radical (unpaired) electrons. The highest BCUT2D eigenvalue weighted by molar-refractivity contribution is 5.93. The molecule has 0 saturated carbocycles. The maximum absolute atomic E-state index is 13.9. The van der Waals surface area contributed by atoms with Crippen LogP contribution in [0.4, 0.5) is 0 Å². The molecule has 0 spiro atoms. The lowest BCUT2D eigenvalue weighted by atomic mass is 9.77. The van der Waals surface area contributed by atoms with Crippen LogP contribution in [0.3, 0.4) is 0 Å². The Morgan fingerprint density at radius 3 is 2.60 bits per heavy atom. The quantitative estimate of drug-likeness (QED) is 0.460. The van der Waals surface area contributed by atoms with Crippen LogP contribution in [0.5, 0.6) is 11.5 Å². The van der Waals surface area contributed by atoms with Crippen molar-refractivity contribution in [1.29, 1.82) is 0 Å². The van der Waals surface area contributed by atoms with Crippen molar-refractivity contribution in [2.75, 3.05) is 40.4 Å². The fraction of sp³-hybridized carbons (Fsp3) is 0.486. The third-order valence-corrected chi connectivity index (χ3v) is 9.46. The number of rotatable bonds is 4. The van der Waals surface area contributed by atoms with Gasteiger partial charge in [0, 0.05) is 56.7 Å². The Morgan fingerprint density at radius 2 is 1.80 bits per heavy atom. The lowest BCUT2D eigenvalue weighted by Gasteiger charge is -2.51. The predicted molar refractivity (Wildman–Crippen MR) is 168 cm³/mol. The number of piperidine rings is 2. The molecule has 45 heavy (non-hydrogen) atoms. The largest absolute Gasteiger partial charge is 0.493 e. The van der Waals surface area contributed by atoms with Crippen LogP contribution in [0.25, 0.3) is 11.3 Å². The zero-order valence-corrected chi connectivity index (χ0v) is 26.1. The van der Waals surface area contributed by atoms with Gasteiger partial charge in [-0.2, -0.15) is 0 Å². The maximum Gasteiger partial charge on any atom is 0.276 e. The number of amides is 3. The summed E-state index contributed by atoms with van der Waals surface area (Å²) >= 11 is 0. The molecular formula is C35H42N4O6. The summed E-state index contributed by atoms with van der Waals surface area (Å²) in [6.45, 7) is 2.29. The molecule has 10 heteroatoms. The Morgan fingerprint density at radius 1 is 0.956 bits per heavy atom. The van der Waals surface area contributed by atoms with Crippen LogP contribution in [-0.2, 0) is 22.4 Å². The first kappa shape index (κ1) is 30.7. The summed E-state index contributed by atoms with van der Waals surface area (Å²) < 4.78 is 16.8. The fourth-order valence-electron chi connectivity index (χ4n) is 7.34. The molecule has 3 amide bonds. The number of hydrogen-bond acceptors (Lipinski definition) is 7. The molecular weight excluding hydrogens is 572 g/mol. The molecule has 6 rings (SSSR count). The van der Waals surface area contributed by atoms with Crippen molar-refractivity contribution in [2.45, 2.75) is 57.4 Å². The Bertz CT molecular complexity index is 1520. The van der Waals surface area contributed by atoms with Gasteiger partial charge in [0.05, 0.1) is 14.2 Å². The van der Waals surface area contributed by atoms with Crippen molar-refractivity contribution < 1.29 is 28.4 Å². The third kappa shape index (κ3) is 6.84. The number of ether oxygens (including phenoxy) is 2. The van der Waals surface area contributed by atoms with Gasteiger partial charge in [0.25, 0.3) is 5.91 Å². The van der Waals surface area contributed by atoms with Crippen LogP contribution < -0.4 is 14.8 Å². The first-order valence-electron chi connectivity index (χ1n) is 16.0. The molecule has 3 aliphatic rings. The van der Waals surface area contributed by atoms with Gasteiger partial charge in [0.2, 0.25) is 11.8 Å². The van der Waals surface area contributed by atoms with Crippen molar-refractivity contribution in [3.05, 3.63) is 65.4 Å². The maximum atomic E-state index is 13.9. The van der Waals surface area contributed by atoms with E-state index in [2.05, 4.69) is 21.4 Å². The number of benzene rings is 2. The molecule has 0 unspecified atom stereocenters. The van der Waals surface area contributed by atoms with Crippen molar-refractivity contribution in [1.82, 2.24) is 20.3 Å². The molecule has 4 heterocycles. The Kier molecular flexibility index (Phi) is 9.37. The van der Waals surface area contributed by atoms with Crippen molar-refractivity contribution in [3.63, 3.8) is 0 Å². The second-order valence-corrected chi connectivity index (χ2v) is 12.5. The molecule has 10 nitrogen and oxygen atoms in total. The highest BCUT2D eigenvalue weighted by Gasteiger charge is 2.43. The highest BCUT2D eigenvalue weighted by Crippen LogP contribution is 2.38. The van der Waals surface area contributed by atoms with Crippen LogP contribution in [-0.4, -0.2) is 79.1 Å². The smallest absolute Gasteiger partial charge is 0.276 e. The number of hydrogen-bond donors (Lipinski definition) is 1. The van der Waals surface area contributed by atoms with Crippen molar-refractivity contribution in [2.24, 2.45) is 11.8 Å². The minimum atomic E-state index is -0.146. The van der Waals surface area contributed by atoms with E-state index in [0.717, 1.165) is 42.4 Å². The summed E-state index contributed by atoms with van der Waals surface area (Å²) in [6, 6.07) is 15.3. The molecule has 1 N–H and O–H groups in total. The first-order chi connectivity index (χ1) is 21.9. The van der Waals surface area contributed by atoms with Crippen molar-refractivity contribution in [3.8, 4) is 22.8 Å². The summed E-state index contributed by atoms with van der Waals surface area (Å²) in [4.78, 5) is 44.1. The standard InChI is InChI=1S/C35H42N4O6/c1-43-31-18-23-13-14-33(41)39-21-24-17-27(29(39)11-6-12-32(40)36-15-7-10-26(16-23)34(31)44-2)22-38(20-24)35(42)28-19-30(45-37-28)25-8-4-3-5-9-25/h3-5,8-9,16,18-19,24,27,29H,6-7,10-15,17,20-22H2,1-2H3,(H,36,40)/t24-,27-,29-/m0/s1. The van der Waals surface area contributed by atoms with E-state index in [1.165, 1.54) is 0 Å². The number of aromatic nitrogens is 1. The van der Waals surface area contributed by atoms with Crippen LogP contribution >= 0.6 is 0 Å². The van der Waals surface area contributed by atoms with Gasteiger partial charge in [-0.25, -0.2) is 0 Å². The van der Waals surface area contributed by atoms with Gasteiger partial charge in [-0.15, -0.1) is 0 Å². The van der Waals surface area contributed by atoms with E-state index in [0.29, 0.717) is 74.8 Å². The van der Waals surface area contributed by atoms with Gasteiger partial charge in [-0.1, -0.05) is 41.6 Å². The zero-order valence-electron chi connectivity index (χ0n) is 26.1. The molecule has 238 valence electrons. The number of nitrogens with zero attached hydrogens (tertiary/aromatic N) is 3. The normalized spacial score (nSPS) is 22.8. The summed E-state index contributed by atoms with van der Waals surface area (Å²) in [5.74, 6) is 2.21.